The lowest BCUT2D eigenvalue weighted by atomic mass is 9.95. The van der Waals surface area contributed by atoms with E-state index in [1.807, 2.05) is 0 Å². The van der Waals surface area contributed by atoms with E-state index < -0.39 is 10.0 Å². The first-order valence-corrected chi connectivity index (χ1v) is 7.52. The van der Waals surface area contributed by atoms with Gasteiger partial charge in [-0.2, -0.15) is 0 Å². The van der Waals surface area contributed by atoms with E-state index >= 15 is 0 Å². The molecular formula is C10H13NO3S2. The number of rotatable bonds is 3. The number of ketones is 1. The third-order valence-corrected chi connectivity index (χ3v) is 5.54. The predicted octanol–water partition coefficient (Wildman–Crippen LogP) is 1.54. The van der Waals surface area contributed by atoms with Crippen molar-refractivity contribution in [1.29, 1.82) is 0 Å². The molecule has 1 saturated carbocycles. The summed E-state index contributed by atoms with van der Waals surface area (Å²) in [5.41, 5.74) is 0. The number of thiophene rings is 1. The number of sulfonamides is 1. The number of hydrogen-bond acceptors (Lipinski definition) is 4. The minimum atomic E-state index is -3.38. The number of carbonyl (C=O) groups excluding carboxylic acids is 1. The molecular weight excluding hydrogens is 246 g/mol. The van der Waals surface area contributed by atoms with E-state index in [1.165, 1.54) is 11.3 Å². The maximum absolute atomic E-state index is 11.9. The van der Waals surface area contributed by atoms with Crippen LogP contribution in [0.1, 0.15) is 25.7 Å². The summed E-state index contributed by atoms with van der Waals surface area (Å²) in [4.78, 5) is 11.0. The van der Waals surface area contributed by atoms with E-state index in [0.717, 1.165) is 0 Å². The molecule has 1 N–H and O–H groups in total. The summed E-state index contributed by atoms with van der Waals surface area (Å²) in [6.07, 6.45) is 2.20. The van der Waals surface area contributed by atoms with Gasteiger partial charge in [0.1, 0.15) is 9.99 Å². The molecule has 0 aromatic carbocycles. The third-order valence-electron chi connectivity index (χ3n) is 2.63. The highest BCUT2D eigenvalue weighted by molar-refractivity contribution is 7.91. The Morgan fingerprint density at radius 2 is 2.00 bits per heavy atom. The van der Waals surface area contributed by atoms with Gasteiger partial charge in [0.2, 0.25) is 10.0 Å². The van der Waals surface area contributed by atoms with Crippen LogP contribution >= 0.6 is 11.3 Å². The van der Waals surface area contributed by atoms with E-state index in [4.69, 9.17) is 0 Å². The third kappa shape index (κ3) is 2.69. The fourth-order valence-electron chi connectivity index (χ4n) is 1.75. The molecule has 0 amide bonds. The summed E-state index contributed by atoms with van der Waals surface area (Å²) in [6, 6.07) is 3.20. The van der Waals surface area contributed by atoms with Crippen LogP contribution in [0.3, 0.4) is 0 Å². The van der Waals surface area contributed by atoms with Crippen LogP contribution < -0.4 is 4.72 Å². The van der Waals surface area contributed by atoms with Crippen molar-refractivity contribution in [2.75, 3.05) is 0 Å². The molecule has 1 fully saturated rings. The SMILES string of the molecule is O=C1CCC(NS(=O)(=O)c2cccs2)CC1. The zero-order valence-corrected chi connectivity index (χ0v) is 10.3. The van der Waals surface area contributed by atoms with Crippen LogP contribution in [0, 0.1) is 0 Å². The van der Waals surface area contributed by atoms with Gasteiger partial charge in [-0.05, 0) is 24.3 Å². The van der Waals surface area contributed by atoms with Gasteiger partial charge in [-0.15, -0.1) is 11.3 Å². The second-order valence-electron chi connectivity index (χ2n) is 3.87. The van der Waals surface area contributed by atoms with Crippen LogP contribution in [0.4, 0.5) is 0 Å². The molecule has 1 aromatic rings. The zero-order chi connectivity index (χ0) is 11.6. The van der Waals surface area contributed by atoms with Crippen LogP contribution in [-0.2, 0) is 14.8 Å². The summed E-state index contributed by atoms with van der Waals surface area (Å²) >= 11 is 1.20. The van der Waals surface area contributed by atoms with Gasteiger partial charge in [-0.1, -0.05) is 6.07 Å². The maximum atomic E-state index is 11.9. The van der Waals surface area contributed by atoms with E-state index in [2.05, 4.69) is 4.72 Å². The Bertz CT molecular complexity index is 454. The molecule has 1 aromatic heterocycles. The van der Waals surface area contributed by atoms with Crippen LogP contribution in [0.15, 0.2) is 21.7 Å². The monoisotopic (exact) mass is 259 g/mol. The Morgan fingerprint density at radius 1 is 1.31 bits per heavy atom. The molecule has 0 aliphatic heterocycles. The molecule has 1 heterocycles. The second-order valence-corrected chi connectivity index (χ2v) is 6.75. The largest absolute Gasteiger partial charge is 0.300 e. The summed E-state index contributed by atoms with van der Waals surface area (Å²) in [6.45, 7) is 0. The predicted molar refractivity (Wildman–Crippen MR) is 61.9 cm³/mol. The molecule has 0 radical (unpaired) electrons. The van der Waals surface area contributed by atoms with Gasteiger partial charge in [-0.25, -0.2) is 13.1 Å². The fourth-order valence-corrected chi connectivity index (χ4v) is 4.07. The van der Waals surface area contributed by atoms with Gasteiger partial charge in [0, 0.05) is 18.9 Å². The first-order valence-electron chi connectivity index (χ1n) is 5.15. The Hall–Kier alpha value is -0.720. The maximum Gasteiger partial charge on any atom is 0.250 e. The summed E-state index contributed by atoms with van der Waals surface area (Å²) in [5, 5.41) is 1.74. The van der Waals surface area contributed by atoms with Gasteiger partial charge in [0.25, 0.3) is 0 Å². The Balaban J connectivity index is 2.02. The fraction of sp³-hybridized carbons (Fsp3) is 0.500. The molecule has 0 spiro atoms. The normalized spacial score (nSPS) is 18.9. The molecule has 88 valence electrons. The van der Waals surface area contributed by atoms with E-state index in [0.29, 0.717) is 29.9 Å². The zero-order valence-electron chi connectivity index (χ0n) is 8.68. The average Bonchev–Trinajstić information content (AvgIpc) is 2.75. The first kappa shape index (κ1) is 11.8. The Labute approximate surface area is 98.7 Å². The minimum absolute atomic E-state index is 0.0928. The van der Waals surface area contributed by atoms with Gasteiger partial charge < -0.3 is 0 Å². The Morgan fingerprint density at radius 3 is 2.56 bits per heavy atom. The van der Waals surface area contributed by atoms with Crippen LogP contribution in [-0.4, -0.2) is 20.2 Å². The molecule has 6 heteroatoms. The van der Waals surface area contributed by atoms with Crippen LogP contribution in [0.5, 0.6) is 0 Å². The Kier molecular flexibility index (Phi) is 3.41. The summed E-state index contributed by atoms with van der Waals surface area (Å²) in [5.74, 6) is 0.228. The summed E-state index contributed by atoms with van der Waals surface area (Å²) in [7, 11) is -3.38. The molecule has 0 bridgehead atoms. The highest BCUT2D eigenvalue weighted by atomic mass is 32.2. The van der Waals surface area contributed by atoms with E-state index in [1.54, 1.807) is 17.5 Å². The topological polar surface area (TPSA) is 63.2 Å². The molecule has 4 nitrogen and oxygen atoms in total. The van der Waals surface area contributed by atoms with Gasteiger partial charge in [0.15, 0.2) is 0 Å². The average molecular weight is 259 g/mol. The standard InChI is InChI=1S/C10H13NO3S2/c12-9-5-3-8(4-6-9)11-16(13,14)10-2-1-7-15-10/h1-2,7-8,11H,3-6H2. The van der Waals surface area contributed by atoms with Gasteiger partial charge in [-0.3, -0.25) is 4.79 Å². The molecule has 2 rings (SSSR count). The first-order chi connectivity index (χ1) is 7.58. The number of carbonyl (C=O) groups is 1. The summed E-state index contributed by atoms with van der Waals surface area (Å²) < 4.78 is 26.7. The molecule has 0 atom stereocenters. The second kappa shape index (κ2) is 4.65. The quantitative estimate of drug-likeness (QED) is 0.895. The van der Waals surface area contributed by atoms with Crippen molar-refractivity contribution < 1.29 is 13.2 Å². The lowest BCUT2D eigenvalue weighted by Gasteiger charge is -2.21. The van der Waals surface area contributed by atoms with Gasteiger partial charge in [0.05, 0.1) is 0 Å². The minimum Gasteiger partial charge on any atom is -0.300 e. The molecule has 1 aliphatic rings. The smallest absolute Gasteiger partial charge is 0.250 e. The van der Waals surface area contributed by atoms with Crippen molar-refractivity contribution in [3.05, 3.63) is 17.5 Å². The van der Waals surface area contributed by atoms with Crippen LogP contribution in [0.2, 0.25) is 0 Å². The molecule has 0 unspecified atom stereocenters. The van der Waals surface area contributed by atoms with Crippen molar-refractivity contribution in [2.45, 2.75) is 35.9 Å². The lowest BCUT2D eigenvalue weighted by Crippen LogP contribution is -2.37. The molecule has 1 aliphatic carbocycles. The lowest BCUT2D eigenvalue weighted by molar-refractivity contribution is -0.120. The van der Waals surface area contributed by atoms with E-state index in [9.17, 15) is 13.2 Å². The van der Waals surface area contributed by atoms with Crippen molar-refractivity contribution >= 4 is 27.1 Å². The molecule has 0 saturated heterocycles. The molecule has 16 heavy (non-hydrogen) atoms. The number of Topliss-reactive ketones (excluding diaryl/α,β-unsaturated/α-hetero) is 1. The van der Waals surface area contributed by atoms with E-state index in [-0.39, 0.29) is 11.8 Å². The van der Waals surface area contributed by atoms with Crippen LogP contribution in [0.25, 0.3) is 0 Å². The van der Waals surface area contributed by atoms with Crippen molar-refractivity contribution in [3.63, 3.8) is 0 Å². The van der Waals surface area contributed by atoms with Crippen molar-refractivity contribution in [2.24, 2.45) is 0 Å². The van der Waals surface area contributed by atoms with Crippen molar-refractivity contribution in [1.82, 2.24) is 4.72 Å². The highest BCUT2D eigenvalue weighted by Gasteiger charge is 2.24. The van der Waals surface area contributed by atoms with Crippen molar-refractivity contribution in [3.8, 4) is 0 Å². The van der Waals surface area contributed by atoms with Gasteiger partial charge >= 0.3 is 0 Å². The number of nitrogens with one attached hydrogen (secondary N) is 1. The highest BCUT2D eigenvalue weighted by Crippen LogP contribution is 2.20. The number of hydrogen-bond donors (Lipinski definition) is 1.